The van der Waals surface area contributed by atoms with Crippen LogP contribution in [-0.4, -0.2) is 12.4 Å². The van der Waals surface area contributed by atoms with E-state index in [1.165, 1.54) is 11.3 Å². The van der Waals surface area contributed by atoms with Gasteiger partial charge in [0.25, 0.3) is 5.24 Å². The standard InChI is InChI=1S/C10H6Cl2O2S/c1-14-7-4-8-5(2-6(7)11)3-9(15-8)10(12)13/h2-4H,1H3. The lowest BCUT2D eigenvalue weighted by atomic mass is 10.2. The minimum absolute atomic E-state index is 0.453. The first kappa shape index (κ1) is 10.7. The molecule has 0 fully saturated rings. The van der Waals surface area contributed by atoms with Crippen molar-refractivity contribution in [1.82, 2.24) is 0 Å². The molecule has 15 heavy (non-hydrogen) atoms. The molecule has 0 saturated heterocycles. The molecule has 0 bridgehead atoms. The zero-order valence-corrected chi connectivity index (χ0v) is 10.0. The van der Waals surface area contributed by atoms with Crippen molar-refractivity contribution in [2.45, 2.75) is 0 Å². The van der Waals surface area contributed by atoms with Gasteiger partial charge in [-0.3, -0.25) is 4.79 Å². The van der Waals surface area contributed by atoms with Crippen LogP contribution in [0.1, 0.15) is 9.67 Å². The molecule has 0 unspecified atom stereocenters. The maximum absolute atomic E-state index is 11.0. The second-order valence-corrected chi connectivity index (χ2v) is 4.74. The maximum atomic E-state index is 11.0. The first-order valence-electron chi connectivity index (χ1n) is 4.08. The Kier molecular flexibility index (Phi) is 2.87. The summed E-state index contributed by atoms with van der Waals surface area (Å²) in [6.45, 7) is 0. The van der Waals surface area contributed by atoms with Gasteiger partial charge in [-0.25, -0.2) is 0 Å². The lowest BCUT2D eigenvalue weighted by Gasteiger charge is -2.01. The summed E-state index contributed by atoms with van der Waals surface area (Å²) >= 11 is 12.7. The van der Waals surface area contributed by atoms with Gasteiger partial charge in [-0.05, 0) is 35.2 Å². The highest BCUT2D eigenvalue weighted by Crippen LogP contribution is 2.34. The van der Waals surface area contributed by atoms with Crippen LogP contribution < -0.4 is 4.74 Å². The third kappa shape index (κ3) is 1.95. The average Bonchev–Trinajstić information content (AvgIpc) is 2.59. The predicted molar refractivity (Wildman–Crippen MR) is 63.6 cm³/mol. The summed E-state index contributed by atoms with van der Waals surface area (Å²) in [6.07, 6.45) is 0. The Labute approximate surface area is 100 Å². The van der Waals surface area contributed by atoms with Crippen LogP contribution in [0.5, 0.6) is 5.75 Å². The van der Waals surface area contributed by atoms with Crippen LogP contribution in [-0.2, 0) is 0 Å². The molecule has 0 spiro atoms. The van der Waals surface area contributed by atoms with Crippen LogP contribution in [0.2, 0.25) is 5.02 Å². The van der Waals surface area contributed by atoms with Gasteiger partial charge in [0.1, 0.15) is 5.75 Å². The largest absolute Gasteiger partial charge is 0.495 e. The van der Waals surface area contributed by atoms with Gasteiger partial charge in [0.15, 0.2) is 0 Å². The van der Waals surface area contributed by atoms with Crippen LogP contribution in [0.4, 0.5) is 0 Å². The molecule has 0 amide bonds. The predicted octanol–water partition coefficient (Wildman–Crippen LogP) is 3.94. The fourth-order valence-electron chi connectivity index (χ4n) is 1.29. The molecule has 2 rings (SSSR count). The molecule has 0 N–H and O–H groups in total. The highest BCUT2D eigenvalue weighted by Gasteiger charge is 2.10. The Balaban J connectivity index is 2.66. The summed E-state index contributed by atoms with van der Waals surface area (Å²) < 4.78 is 6.01. The average molecular weight is 261 g/mol. The van der Waals surface area contributed by atoms with Crippen molar-refractivity contribution in [3.63, 3.8) is 0 Å². The number of ether oxygens (including phenoxy) is 1. The van der Waals surface area contributed by atoms with Crippen LogP contribution >= 0.6 is 34.5 Å². The lowest BCUT2D eigenvalue weighted by molar-refractivity contribution is 0.108. The van der Waals surface area contributed by atoms with E-state index in [1.54, 1.807) is 25.3 Å². The van der Waals surface area contributed by atoms with E-state index < -0.39 is 5.24 Å². The fraction of sp³-hybridized carbons (Fsp3) is 0.100. The van der Waals surface area contributed by atoms with Gasteiger partial charge < -0.3 is 4.74 Å². The molecule has 0 radical (unpaired) electrons. The van der Waals surface area contributed by atoms with Crippen molar-refractivity contribution in [1.29, 1.82) is 0 Å². The first-order chi connectivity index (χ1) is 7.11. The smallest absolute Gasteiger partial charge is 0.262 e. The van der Waals surface area contributed by atoms with Gasteiger partial charge >= 0.3 is 0 Å². The molecular weight excluding hydrogens is 255 g/mol. The van der Waals surface area contributed by atoms with E-state index in [-0.39, 0.29) is 0 Å². The lowest BCUT2D eigenvalue weighted by Crippen LogP contribution is -1.82. The van der Waals surface area contributed by atoms with Crippen molar-refractivity contribution in [3.05, 3.63) is 28.1 Å². The summed E-state index contributed by atoms with van der Waals surface area (Å²) in [5.74, 6) is 0.597. The molecule has 0 atom stereocenters. The molecule has 5 heteroatoms. The van der Waals surface area contributed by atoms with Gasteiger partial charge in [-0.2, -0.15) is 0 Å². The SMILES string of the molecule is COc1cc2sc(C(=O)Cl)cc2cc1Cl. The highest BCUT2D eigenvalue weighted by atomic mass is 35.5. The molecule has 0 saturated carbocycles. The Morgan fingerprint density at radius 3 is 2.73 bits per heavy atom. The molecular formula is C10H6Cl2O2S. The molecule has 1 heterocycles. The number of benzene rings is 1. The number of hydrogen-bond acceptors (Lipinski definition) is 3. The number of methoxy groups -OCH3 is 1. The number of carbonyl (C=O) groups excluding carboxylic acids is 1. The van der Waals surface area contributed by atoms with Gasteiger partial charge in [0, 0.05) is 4.70 Å². The monoisotopic (exact) mass is 260 g/mol. The normalized spacial score (nSPS) is 10.6. The van der Waals surface area contributed by atoms with E-state index in [0.29, 0.717) is 15.6 Å². The van der Waals surface area contributed by atoms with Gasteiger partial charge in [-0.15, -0.1) is 11.3 Å². The number of carbonyl (C=O) groups is 1. The van der Waals surface area contributed by atoms with Crippen molar-refractivity contribution in [3.8, 4) is 5.75 Å². The number of rotatable bonds is 2. The second-order valence-electron chi connectivity index (χ2n) is 2.91. The number of halogens is 2. The number of thiophene rings is 1. The highest BCUT2D eigenvalue weighted by molar-refractivity contribution is 7.22. The Morgan fingerprint density at radius 1 is 1.40 bits per heavy atom. The minimum Gasteiger partial charge on any atom is -0.495 e. The summed E-state index contributed by atoms with van der Waals surface area (Å²) in [4.78, 5) is 11.5. The van der Waals surface area contributed by atoms with Crippen molar-refractivity contribution in [2.75, 3.05) is 7.11 Å². The summed E-state index contributed by atoms with van der Waals surface area (Å²) in [5.41, 5.74) is 0. The van der Waals surface area contributed by atoms with E-state index in [9.17, 15) is 4.79 Å². The van der Waals surface area contributed by atoms with E-state index in [2.05, 4.69) is 0 Å². The zero-order chi connectivity index (χ0) is 11.0. The third-order valence-electron chi connectivity index (χ3n) is 1.98. The molecule has 2 aromatic rings. The Bertz CT molecular complexity index is 533. The van der Waals surface area contributed by atoms with E-state index in [1.807, 2.05) is 0 Å². The van der Waals surface area contributed by atoms with Crippen molar-refractivity contribution < 1.29 is 9.53 Å². The molecule has 1 aromatic heterocycles. The van der Waals surface area contributed by atoms with Crippen molar-refractivity contribution in [2.24, 2.45) is 0 Å². The topological polar surface area (TPSA) is 26.3 Å². The fourth-order valence-corrected chi connectivity index (χ4v) is 2.62. The molecule has 2 nitrogen and oxygen atoms in total. The maximum Gasteiger partial charge on any atom is 0.262 e. The van der Waals surface area contributed by atoms with Crippen LogP contribution in [0, 0.1) is 0 Å². The molecule has 0 aliphatic carbocycles. The first-order valence-corrected chi connectivity index (χ1v) is 5.66. The molecule has 78 valence electrons. The Morgan fingerprint density at radius 2 is 2.13 bits per heavy atom. The van der Waals surface area contributed by atoms with E-state index >= 15 is 0 Å². The second kappa shape index (κ2) is 4.00. The van der Waals surface area contributed by atoms with Gasteiger partial charge in [0.2, 0.25) is 0 Å². The number of hydrogen-bond donors (Lipinski definition) is 0. The minimum atomic E-state index is -0.453. The molecule has 0 aliphatic heterocycles. The van der Waals surface area contributed by atoms with Gasteiger partial charge in [-0.1, -0.05) is 11.6 Å². The van der Waals surface area contributed by atoms with E-state index in [0.717, 1.165) is 10.1 Å². The van der Waals surface area contributed by atoms with E-state index in [4.69, 9.17) is 27.9 Å². The van der Waals surface area contributed by atoms with Crippen LogP contribution in [0.25, 0.3) is 10.1 Å². The quantitative estimate of drug-likeness (QED) is 0.765. The summed E-state index contributed by atoms with van der Waals surface area (Å²) in [6, 6.07) is 5.28. The molecule has 0 aliphatic rings. The number of fused-ring (bicyclic) bond motifs is 1. The third-order valence-corrected chi connectivity index (χ3v) is 3.69. The van der Waals surface area contributed by atoms with Crippen molar-refractivity contribution >= 4 is 49.9 Å². The van der Waals surface area contributed by atoms with Crippen LogP contribution in [0.15, 0.2) is 18.2 Å². The zero-order valence-electron chi connectivity index (χ0n) is 7.71. The summed E-state index contributed by atoms with van der Waals surface area (Å²) in [5, 5.41) is 0.970. The Hall–Kier alpha value is -0.770. The molecule has 1 aromatic carbocycles. The van der Waals surface area contributed by atoms with Gasteiger partial charge in [0.05, 0.1) is 17.0 Å². The van der Waals surface area contributed by atoms with Crippen LogP contribution in [0.3, 0.4) is 0 Å². The summed E-state index contributed by atoms with van der Waals surface area (Å²) in [7, 11) is 1.55.